The minimum Gasteiger partial charge on any atom is -0.453 e. The molecule has 0 saturated carbocycles. The second-order valence-electron chi connectivity index (χ2n) is 6.34. The molecule has 2 heterocycles. The molecule has 0 bridgehead atoms. The standard InChI is InChI=1S/C18H18N2O3S2/c1-10-3-4-15-12(5-10)6-16(25-15)18(22)23-8-14(21)13(7-19)17-20-11(2)9-24-17/h6,9-10,13H,3-5,8H2,1-2H3/t10-,13-/m1/s1. The van der Waals surface area contributed by atoms with Crippen molar-refractivity contribution in [3.05, 3.63) is 37.5 Å². The molecule has 0 amide bonds. The molecular formula is C18H18N2O3S2. The number of hydrogen-bond donors (Lipinski definition) is 0. The number of hydrogen-bond acceptors (Lipinski definition) is 7. The molecule has 0 saturated heterocycles. The summed E-state index contributed by atoms with van der Waals surface area (Å²) < 4.78 is 5.15. The number of carbonyl (C=O) groups excluding carboxylic acids is 2. The molecule has 5 nitrogen and oxygen atoms in total. The van der Waals surface area contributed by atoms with Gasteiger partial charge in [-0.05, 0) is 43.7 Å². The maximum absolute atomic E-state index is 12.2. The zero-order valence-electron chi connectivity index (χ0n) is 14.1. The molecule has 0 spiro atoms. The van der Waals surface area contributed by atoms with Crippen LogP contribution >= 0.6 is 22.7 Å². The highest BCUT2D eigenvalue weighted by molar-refractivity contribution is 7.14. The molecule has 130 valence electrons. The molecular weight excluding hydrogens is 356 g/mol. The van der Waals surface area contributed by atoms with Gasteiger partial charge in [0.2, 0.25) is 0 Å². The number of aromatic nitrogens is 1. The highest BCUT2D eigenvalue weighted by Crippen LogP contribution is 2.32. The van der Waals surface area contributed by atoms with Crippen LogP contribution in [0.15, 0.2) is 11.4 Å². The minimum atomic E-state index is -0.983. The van der Waals surface area contributed by atoms with Gasteiger partial charge in [0.05, 0.1) is 6.07 Å². The van der Waals surface area contributed by atoms with Crippen molar-refractivity contribution in [1.29, 1.82) is 5.26 Å². The molecule has 2 aromatic heterocycles. The number of nitrogens with zero attached hydrogens (tertiary/aromatic N) is 2. The number of esters is 1. The fraction of sp³-hybridized carbons (Fsp3) is 0.444. The van der Waals surface area contributed by atoms with E-state index in [4.69, 9.17) is 4.74 Å². The van der Waals surface area contributed by atoms with E-state index in [9.17, 15) is 14.9 Å². The van der Waals surface area contributed by atoms with Crippen molar-refractivity contribution in [3.8, 4) is 6.07 Å². The molecule has 0 N–H and O–H groups in total. The highest BCUT2D eigenvalue weighted by Gasteiger charge is 2.26. The maximum Gasteiger partial charge on any atom is 0.348 e. The monoisotopic (exact) mass is 374 g/mol. The predicted octanol–water partition coefficient (Wildman–Crippen LogP) is 3.67. The van der Waals surface area contributed by atoms with Crippen LogP contribution < -0.4 is 0 Å². The molecule has 0 unspecified atom stereocenters. The van der Waals surface area contributed by atoms with Gasteiger partial charge in [-0.1, -0.05) is 6.92 Å². The van der Waals surface area contributed by atoms with E-state index in [2.05, 4.69) is 11.9 Å². The Morgan fingerprint density at radius 1 is 1.52 bits per heavy atom. The highest BCUT2D eigenvalue weighted by atomic mass is 32.1. The summed E-state index contributed by atoms with van der Waals surface area (Å²) in [5.41, 5.74) is 1.98. The first-order chi connectivity index (χ1) is 12.0. The molecule has 2 atom stereocenters. The SMILES string of the molecule is Cc1csc([C@H](C#N)C(=O)COC(=O)c2cc3c(s2)CC[C@@H](C)C3)n1. The van der Waals surface area contributed by atoms with Gasteiger partial charge in [-0.25, -0.2) is 9.78 Å². The summed E-state index contributed by atoms with van der Waals surface area (Å²) in [6.07, 6.45) is 3.11. The molecule has 1 aliphatic rings. The fourth-order valence-electron chi connectivity index (χ4n) is 2.87. The first-order valence-electron chi connectivity index (χ1n) is 8.11. The lowest BCUT2D eigenvalue weighted by molar-refractivity contribution is -0.122. The lowest BCUT2D eigenvalue weighted by Crippen LogP contribution is -2.19. The van der Waals surface area contributed by atoms with Crippen molar-refractivity contribution in [2.45, 2.75) is 39.0 Å². The second-order valence-corrected chi connectivity index (χ2v) is 8.37. The van der Waals surface area contributed by atoms with Crippen LogP contribution in [0.4, 0.5) is 0 Å². The molecule has 25 heavy (non-hydrogen) atoms. The Kier molecular flexibility index (Phi) is 5.30. The zero-order valence-corrected chi connectivity index (χ0v) is 15.7. The van der Waals surface area contributed by atoms with E-state index < -0.39 is 24.3 Å². The Bertz CT molecular complexity index is 847. The summed E-state index contributed by atoms with van der Waals surface area (Å²) in [4.78, 5) is 30.4. The molecule has 1 aliphatic carbocycles. The van der Waals surface area contributed by atoms with Gasteiger partial charge < -0.3 is 4.74 Å². The van der Waals surface area contributed by atoms with Crippen molar-refractivity contribution < 1.29 is 14.3 Å². The summed E-state index contributed by atoms with van der Waals surface area (Å²) in [6.45, 7) is 3.60. The topological polar surface area (TPSA) is 80.0 Å². The zero-order chi connectivity index (χ0) is 18.0. The number of thiazole rings is 1. The minimum absolute atomic E-state index is 0.408. The van der Waals surface area contributed by atoms with Crippen LogP contribution in [-0.4, -0.2) is 23.3 Å². The van der Waals surface area contributed by atoms with Crippen molar-refractivity contribution >= 4 is 34.4 Å². The van der Waals surface area contributed by atoms with Gasteiger partial charge >= 0.3 is 5.97 Å². The molecule has 0 aliphatic heterocycles. The van der Waals surface area contributed by atoms with Crippen molar-refractivity contribution in [1.82, 2.24) is 4.98 Å². The molecule has 3 rings (SSSR count). The summed E-state index contributed by atoms with van der Waals surface area (Å²) in [6, 6.07) is 3.83. The average molecular weight is 374 g/mol. The van der Waals surface area contributed by atoms with Crippen LogP contribution in [-0.2, 0) is 22.4 Å². The predicted molar refractivity (Wildman–Crippen MR) is 96.0 cm³/mol. The lowest BCUT2D eigenvalue weighted by atomic mass is 9.90. The van der Waals surface area contributed by atoms with Crippen LogP contribution in [0.3, 0.4) is 0 Å². The van der Waals surface area contributed by atoms with Gasteiger partial charge in [0.1, 0.15) is 9.88 Å². The summed E-state index contributed by atoms with van der Waals surface area (Å²) >= 11 is 2.72. The lowest BCUT2D eigenvalue weighted by Gasteiger charge is -2.16. The van der Waals surface area contributed by atoms with Gasteiger partial charge in [0.15, 0.2) is 18.3 Å². The van der Waals surface area contributed by atoms with E-state index in [0.717, 1.165) is 25.0 Å². The number of ketones is 1. The Labute approximate surface area is 154 Å². The third-order valence-corrected chi connectivity index (χ3v) is 6.46. The Hall–Kier alpha value is -2.04. The van der Waals surface area contributed by atoms with Crippen LogP contribution in [0.25, 0.3) is 0 Å². The van der Waals surface area contributed by atoms with E-state index in [1.165, 1.54) is 33.1 Å². The molecule has 0 radical (unpaired) electrons. The fourth-order valence-corrected chi connectivity index (χ4v) is 4.83. The number of thiophene rings is 1. The second kappa shape index (κ2) is 7.46. The van der Waals surface area contributed by atoms with Crippen molar-refractivity contribution in [2.24, 2.45) is 5.92 Å². The number of fused-ring (bicyclic) bond motifs is 1. The molecule has 2 aromatic rings. The average Bonchev–Trinajstić information content (AvgIpc) is 3.19. The quantitative estimate of drug-likeness (QED) is 0.746. The van der Waals surface area contributed by atoms with Gasteiger partial charge in [-0.15, -0.1) is 22.7 Å². The third kappa shape index (κ3) is 3.97. The van der Waals surface area contributed by atoms with E-state index in [0.29, 0.717) is 15.8 Å². The number of carbonyl (C=O) groups is 2. The summed E-state index contributed by atoms with van der Waals surface area (Å²) in [5, 5.41) is 11.5. The smallest absolute Gasteiger partial charge is 0.348 e. The number of ether oxygens (including phenoxy) is 1. The number of aryl methyl sites for hydroxylation is 2. The Morgan fingerprint density at radius 2 is 2.32 bits per heavy atom. The van der Waals surface area contributed by atoms with E-state index >= 15 is 0 Å². The van der Waals surface area contributed by atoms with Crippen LogP contribution in [0.5, 0.6) is 0 Å². The molecule has 0 aromatic carbocycles. The maximum atomic E-state index is 12.2. The number of nitriles is 1. The first-order valence-corrected chi connectivity index (χ1v) is 9.80. The van der Waals surface area contributed by atoms with Gasteiger partial charge in [0, 0.05) is 16.0 Å². The third-order valence-electron chi connectivity index (χ3n) is 4.21. The largest absolute Gasteiger partial charge is 0.453 e. The van der Waals surface area contributed by atoms with E-state index in [-0.39, 0.29) is 0 Å². The number of Topliss-reactive ketones (excluding diaryl/α,β-unsaturated/α-hetero) is 1. The van der Waals surface area contributed by atoms with Gasteiger partial charge in [-0.3, -0.25) is 4.79 Å². The molecule has 7 heteroatoms. The van der Waals surface area contributed by atoms with Crippen molar-refractivity contribution in [3.63, 3.8) is 0 Å². The van der Waals surface area contributed by atoms with Gasteiger partial charge in [0.25, 0.3) is 0 Å². The van der Waals surface area contributed by atoms with Crippen LogP contribution in [0, 0.1) is 24.2 Å². The first kappa shape index (κ1) is 17.8. The van der Waals surface area contributed by atoms with Crippen molar-refractivity contribution in [2.75, 3.05) is 6.61 Å². The van der Waals surface area contributed by atoms with Gasteiger partial charge in [-0.2, -0.15) is 5.26 Å². The van der Waals surface area contributed by atoms with Crippen LogP contribution in [0.1, 0.15) is 50.1 Å². The Morgan fingerprint density at radius 3 is 3.00 bits per heavy atom. The normalized spacial score (nSPS) is 17.4. The molecule has 0 fully saturated rings. The summed E-state index contributed by atoms with van der Waals surface area (Å²) in [5.74, 6) is -1.29. The van der Waals surface area contributed by atoms with E-state index in [1.807, 2.05) is 12.1 Å². The number of rotatable bonds is 5. The Balaban J connectivity index is 1.62. The van der Waals surface area contributed by atoms with E-state index in [1.54, 1.807) is 12.3 Å². The summed E-state index contributed by atoms with van der Waals surface area (Å²) in [7, 11) is 0. The van der Waals surface area contributed by atoms with Crippen LogP contribution in [0.2, 0.25) is 0 Å².